The summed E-state index contributed by atoms with van der Waals surface area (Å²) in [7, 11) is 1.53. The van der Waals surface area contributed by atoms with Gasteiger partial charge >= 0.3 is 0 Å². The Kier molecular flexibility index (Phi) is 2.74. The van der Waals surface area contributed by atoms with Crippen LogP contribution in [0.15, 0.2) is 18.2 Å². The van der Waals surface area contributed by atoms with E-state index in [1.54, 1.807) is 18.2 Å². The second kappa shape index (κ2) is 3.60. The SMILES string of the molecule is COc1cc([CH]O)ccc1Cl. The number of rotatable bonds is 2. The molecule has 0 aliphatic heterocycles. The Balaban J connectivity index is 3.02. The zero-order valence-corrected chi connectivity index (χ0v) is 6.80. The Morgan fingerprint density at radius 2 is 2.27 bits per heavy atom. The minimum absolute atomic E-state index is 0.540. The molecule has 2 nitrogen and oxygen atoms in total. The molecule has 0 saturated carbocycles. The monoisotopic (exact) mass is 171 g/mol. The van der Waals surface area contributed by atoms with E-state index in [1.165, 1.54) is 7.11 Å². The number of hydrogen-bond donors (Lipinski definition) is 1. The number of methoxy groups -OCH3 is 1. The van der Waals surface area contributed by atoms with Crippen molar-refractivity contribution < 1.29 is 9.84 Å². The van der Waals surface area contributed by atoms with Crippen LogP contribution in [-0.4, -0.2) is 12.2 Å². The highest BCUT2D eigenvalue weighted by atomic mass is 35.5. The average Bonchev–Trinajstić information content (AvgIpc) is 2.05. The third-order valence-corrected chi connectivity index (χ3v) is 1.64. The first-order chi connectivity index (χ1) is 5.27. The van der Waals surface area contributed by atoms with Crippen molar-refractivity contribution in [2.75, 3.05) is 7.11 Å². The summed E-state index contributed by atoms with van der Waals surface area (Å²) in [6, 6.07) is 5.02. The first-order valence-electron chi connectivity index (χ1n) is 3.09. The molecule has 0 aliphatic carbocycles. The first-order valence-corrected chi connectivity index (χ1v) is 3.46. The molecule has 0 heterocycles. The summed E-state index contributed by atoms with van der Waals surface area (Å²) in [5, 5.41) is 9.16. The van der Waals surface area contributed by atoms with Gasteiger partial charge in [0.1, 0.15) is 12.4 Å². The molecule has 1 aromatic rings. The quantitative estimate of drug-likeness (QED) is 0.740. The summed E-state index contributed by atoms with van der Waals surface area (Å²) >= 11 is 5.73. The zero-order chi connectivity index (χ0) is 8.27. The second-order valence-corrected chi connectivity index (χ2v) is 2.43. The van der Waals surface area contributed by atoms with E-state index in [0.717, 1.165) is 6.61 Å². The van der Waals surface area contributed by atoms with Gasteiger partial charge in [-0.2, -0.15) is 0 Å². The standard InChI is InChI=1S/C8H8ClO2/c1-11-8-4-6(5-10)2-3-7(8)9/h2-5,10H,1H3. The lowest BCUT2D eigenvalue weighted by Crippen LogP contribution is -1.86. The van der Waals surface area contributed by atoms with Crippen LogP contribution >= 0.6 is 11.6 Å². The molecule has 1 N–H and O–H groups in total. The van der Waals surface area contributed by atoms with Gasteiger partial charge in [0.15, 0.2) is 0 Å². The Bertz CT molecular complexity index is 248. The lowest BCUT2D eigenvalue weighted by molar-refractivity contribution is 0.404. The number of halogens is 1. The minimum atomic E-state index is 0.540. The van der Waals surface area contributed by atoms with E-state index in [1.807, 2.05) is 0 Å². The molecule has 1 rings (SSSR count). The maximum Gasteiger partial charge on any atom is 0.137 e. The van der Waals surface area contributed by atoms with Gasteiger partial charge in [0.05, 0.1) is 12.1 Å². The van der Waals surface area contributed by atoms with Crippen molar-refractivity contribution in [3.05, 3.63) is 35.4 Å². The van der Waals surface area contributed by atoms with E-state index in [2.05, 4.69) is 0 Å². The third-order valence-electron chi connectivity index (χ3n) is 1.32. The van der Waals surface area contributed by atoms with Gasteiger partial charge in [-0.1, -0.05) is 17.7 Å². The highest BCUT2D eigenvalue weighted by Crippen LogP contribution is 2.24. The van der Waals surface area contributed by atoms with Crippen LogP contribution in [0.1, 0.15) is 5.56 Å². The van der Waals surface area contributed by atoms with Crippen LogP contribution in [0, 0.1) is 6.61 Å². The number of benzene rings is 1. The molecule has 1 radical (unpaired) electrons. The molecule has 0 fully saturated rings. The van der Waals surface area contributed by atoms with Crippen molar-refractivity contribution in [3.8, 4) is 5.75 Å². The van der Waals surface area contributed by atoms with E-state index in [9.17, 15) is 0 Å². The summed E-state index contributed by atoms with van der Waals surface area (Å²) < 4.78 is 4.92. The molecule has 1 aromatic carbocycles. The van der Waals surface area contributed by atoms with Crippen LogP contribution in [0.4, 0.5) is 0 Å². The van der Waals surface area contributed by atoms with Gasteiger partial charge in [-0.3, -0.25) is 0 Å². The highest BCUT2D eigenvalue weighted by molar-refractivity contribution is 6.32. The van der Waals surface area contributed by atoms with Crippen molar-refractivity contribution in [2.24, 2.45) is 0 Å². The van der Waals surface area contributed by atoms with Crippen LogP contribution in [0.3, 0.4) is 0 Å². The van der Waals surface area contributed by atoms with Gasteiger partial charge in [0.25, 0.3) is 0 Å². The minimum Gasteiger partial charge on any atom is -0.495 e. The molecule has 3 heteroatoms. The van der Waals surface area contributed by atoms with Gasteiger partial charge in [-0.05, 0) is 17.7 Å². The van der Waals surface area contributed by atoms with Gasteiger partial charge in [-0.25, -0.2) is 0 Å². The molecular formula is C8H8ClO2. The van der Waals surface area contributed by atoms with Gasteiger partial charge in [-0.15, -0.1) is 0 Å². The highest BCUT2D eigenvalue weighted by Gasteiger charge is 2.00. The first kappa shape index (κ1) is 8.37. The topological polar surface area (TPSA) is 29.5 Å². The van der Waals surface area contributed by atoms with Crippen molar-refractivity contribution in [1.29, 1.82) is 0 Å². The van der Waals surface area contributed by atoms with E-state index < -0.39 is 0 Å². The maximum absolute atomic E-state index is 8.62. The lowest BCUT2D eigenvalue weighted by Gasteiger charge is -2.03. The zero-order valence-electron chi connectivity index (χ0n) is 6.04. The van der Waals surface area contributed by atoms with E-state index in [-0.39, 0.29) is 0 Å². The Morgan fingerprint density at radius 3 is 2.82 bits per heavy atom. The van der Waals surface area contributed by atoms with Crippen molar-refractivity contribution in [3.63, 3.8) is 0 Å². The second-order valence-electron chi connectivity index (χ2n) is 2.02. The van der Waals surface area contributed by atoms with E-state index in [0.29, 0.717) is 16.3 Å². The molecule has 0 aliphatic rings. The van der Waals surface area contributed by atoms with Crippen LogP contribution in [-0.2, 0) is 0 Å². The number of hydrogen-bond acceptors (Lipinski definition) is 2. The molecule has 0 aromatic heterocycles. The predicted octanol–water partition coefficient (Wildman–Crippen LogP) is 2.23. The van der Waals surface area contributed by atoms with Crippen LogP contribution < -0.4 is 4.74 Å². The van der Waals surface area contributed by atoms with Crippen molar-refractivity contribution >= 4 is 11.6 Å². The van der Waals surface area contributed by atoms with E-state index in [4.69, 9.17) is 21.4 Å². The molecular weight excluding hydrogens is 164 g/mol. The molecule has 0 saturated heterocycles. The summed E-state index contributed by atoms with van der Waals surface area (Å²) in [4.78, 5) is 0. The van der Waals surface area contributed by atoms with Gasteiger partial charge < -0.3 is 9.84 Å². The fourth-order valence-corrected chi connectivity index (χ4v) is 0.951. The predicted molar refractivity (Wildman–Crippen MR) is 43.3 cm³/mol. The summed E-state index contributed by atoms with van der Waals surface area (Å²) in [5.41, 5.74) is 0.672. The number of aliphatic hydroxyl groups is 1. The molecule has 0 unspecified atom stereocenters. The molecule has 0 amide bonds. The fourth-order valence-electron chi connectivity index (χ4n) is 0.757. The van der Waals surface area contributed by atoms with Gasteiger partial charge in [0, 0.05) is 0 Å². The Morgan fingerprint density at radius 1 is 1.55 bits per heavy atom. The normalized spacial score (nSPS) is 9.73. The number of ether oxygens (including phenoxy) is 1. The Labute approximate surface area is 70.4 Å². The lowest BCUT2D eigenvalue weighted by atomic mass is 10.2. The molecule has 11 heavy (non-hydrogen) atoms. The van der Waals surface area contributed by atoms with Crippen LogP contribution in [0.25, 0.3) is 0 Å². The number of aliphatic hydroxyl groups excluding tert-OH is 1. The van der Waals surface area contributed by atoms with E-state index >= 15 is 0 Å². The Hall–Kier alpha value is -0.730. The van der Waals surface area contributed by atoms with Gasteiger partial charge in [0.2, 0.25) is 0 Å². The van der Waals surface area contributed by atoms with Crippen LogP contribution in [0.2, 0.25) is 5.02 Å². The average molecular weight is 172 g/mol. The smallest absolute Gasteiger partial charge is 0.137 e. The largest absolute Gasteiger partial charge is 0.495 e. The van der Waals surface area contributed by atoms with Crippen LogP contribution in [0.5, 0.6) is 5.75 Å². The summed E-state index contributed by atoms with van der Waals surface area (Å²) in [5.74, 6) is 0.564. The maximum atomic E-state index is 8.62. The molecule has 59 valence electrons. The molecule has 0 atom stereocenters. The fraction of sp³-hybridized carbons (Fsp3) is 0.125. The third kappa shape index (κ3) is 1.85. The molecule has 0 spiro atoms. The molecule has 0 bridgehead atoms. The van der Waals surface area contributed by atoms with Crippen molar-refractivity contribution in [1.82, 2.24) is 0 Å². The van der Waals surface area contributed by atoms with Crippen molar-refractivity contribution in [2.45, 2.75) is 0 Å². The summed E-state index contributed by atoms with van der Waals surface area (Å²) in [6.07, 6.45) is 0. The summed E-state index contributed by atoms with van der Waals surface area (Å²) in [6.45, 7) is 0.999.